The van der Waals surface area contributed by atoms with Crippen LogP contribution in [0.15, 0.2) is 18.2 Å². The fourth-order valence-corrected chi connectivity index (χ4v) is 1.78. The maximum Gasteiger partial charge on any atom is 0.412 e. The summed E-state index contributed by atoms with van der Waals surface area (Å²) in [6, 6.07) is 4.35. The molecule has 0 saturated heterocycles. The third kappa shape index (κ3) is 6.12. The molecule has 0 spiro atoms. The summed E-state index contributed by atoms with van der Waals surface area (Å²) < 4.78 is 19.0. The molecule has 1 amide bonds. The van der Waals surface area contributed by atoms with E-state index in [1.54, 1.807) is 26.8 Å². The van der Waals surface area contributed by atoms with Crippen LogP contribution < -0.4 is 5.32 Å². The van der Waals surface area contributed by atoms with Gasteiger partial charge in [0.05, 0.1) is 0 Å². The molecule has 1 aromatic rings. The summed E-state index contributed by atoms with van der Waals surface area (Å²) in [6.45, 7) is 8.96. The number of ether oxygens (including phenoxy) is 1. The minimum atomic E-state index is -0.591. The number of hydrogen-bond donors (Lipinski definition) is 2. The molecule has 0 bridgehead atoms. The lowest BCUT2D eigenvalue weighted by Gasteiger charge is -2.22. The summed E-state index contributed by atoms with van der Waals surface area (Å²) in [4.78, 5) is 11.7. The highest BCUT2D eigenvalue weighted by Crippen LogP contribution is 2.25. The van der Waals surface area contributed by atoms with Crippen molar-refractivity contribution in [2.75, 3.05) is 11.9 Å². The number of anilines is 1. The first-order chi connectivity index (χ1) is 9.52. The summed E-state index contributed by atoms with van der Waals surface area (Å²) >= 11 is 0. The van der Waals surface area contributed by atoms with E-state index in [-0.39, 0.29) is 12.4 Å². The van der Waals surface area contributed by atoms with E-state index in [1.807, 2.05) is 13.8 Å². The Hall–Kier alpha value is -1.62. The Kier molecular flexibility index (Phi) is 5.34. The molecule has 0 atom stereocenters. The van der Waals surface area contributed by atoms with Crippen LogP contribution in [0.2, 0.25) is 0 Å². The smallest absolute Gasteiger partial charge is 0.412 e. The molecule has 1 rings (SSSR count). The number of aliphatic hydroxyl groups excluding tert-OH is 1. The second-order valence-corrected chi connectivity index (χ2v) is 6.93. The predicted octanol–water partition coefficient (Wildman–Crippen LogP) is 3.73. The highest BCUT2D eigenvalue weighted by atomic mass is 19.1. The second-order valence-electron chi connectivity index (χ2n) is 6.93. The lowest BCUT2D eigenvalue weighted by Crippen LogP contribution is -2.27. The van der Waals surface area contributed by atoms with Gasteiger partial charge in [-0.2, -0.15) is 0 Å². The molecule has 0 aliphatic carbocycles. The van der Waals surface area contributed by atoms with E-state index in [2.05, 4.69) is 5.32 Å². The number of amides is 1. The van der Waals surface area contributed by atoms with Crippen LogP contribution in [0.25, 0.3) is 0 Å². The highest BCUT2D eigenvalue weighted by Gasteiger charge is 2.20. The second kappa shape index (κ2) is 6.43. The SMILES string of the molecule is CC(C)(CO)Cc1cc(NC(=O)OC(C)(C)C)ccc1F. The van der Waals surface area contributed by atoms with Gasteiger partial charge in [-0.05, 0) is 56.4 Å². The Morgan fingerprint density at radius 1 is 1.29 bits per heavy atom. The number of rotatable bonds is 4. The number of hydrogen-bond acceptors (Lipinski definition) is 3. The molecule has 118 valence electrons. The molecule has 0 saturated carbocycles. The van der Waals surface area contributed by atoms with Crippen molar-refractivity contribution in [2.24, 2.45) is 5.41 Å². The summed E-state index contributed by atoms with van der Waals surface area (Å²) in [5.41, 5.74) is -0.103. The molecular weight excluding hydrogens is 273 g/mol. The first kappa shape index (κ1) is 17.4. The number of aliphatic hydroxyl groups is 1. The van der Waals surface area contributed by atoms with Gasteiger partial charge in [-0.25, -0.2) is 9.18 Å². The van der Waals surface area contributed by atoms with Gasteiger partial charge in [0.1, 0.15) is 11.4 Å². The van der Waals surface area contributed by atoms with Crippen molar-refractivity contribution >= 4 is 11.8 Å². The van der Waals surface area contributed by atoms with Crippen LogP contribution in [-0.2, 0) is 11.2 Å². The molecule has 0 aromatic heterocycles. The zero-order valence-electron chi connectivity index (χ0n) is 13.3. The van der Waals surface area contributed by atoms with Crippen molar-refractivity contribution in [2.45, 2.75) is 46.6 Å². The molecule has 0 fully saturated rings. The topological polar surface area (TPSA) is 58.6 Å². The van der Waals surface area contributed by atoms with Crippen molar-refractivity contribution in [3.8, 4) is 0 Å². The monoisotopic (exact) mass is 297 g/mol. The standard InChI is InChI=1S/C16H24FNO3/c1-15(2,3)21-14(20)18-12-6-7-13(17)11(8-12)9-16(4,5)10-19/h6-8,19H,9-10H2,1-5H3,(H,18,20). The van der Waals surface area contributed by atoms with Gasteiger partial charge in [0.2, 0.25) is 0 Å². The summed E-state index contributed by atoms with van der Waals surface area (Å²) in [6.07, 6.45) is -0.208. The minimum Gasteiger partial charge on any atom is -0.444 e. The minimum absolute atomic E-state index is 0.0455. The van der Waals surface area contributed by atoms with Crippen molar-refractivity contribution in [3.05, 3.63) is 29.6 Å². The Bertz CT molecular complexity index is 507. The molecule has 0 unspecified atom stereocenters. The van der Waals surface area contributed by atoms with Gasteiger partial charge in [0.15, 0.2) is 0 Å². The first-order valence-corrected chi connectivity index (χ1v) is 6.92. The molecule has 2 N–H and O–H groups in total. The van der Waals surface area contributed by atoms with Crippen molar-refractivity contribution in [1.29, 1.82) is 0 Å². The maximum atomic E-state index is 13.8. The highest BCUT2D eigenvalue weighted by molar-refractivity contribution is 5.84. The zero-order valence-corrected chi connectivity index (χ0v) is 13.3. The molecule has 5 heteroatoms. The third-order valence-electron chi connectivity index (χ3n) is 2.79. The van der Waals surface area contributed by atoms with E-state index in [9.17, 15) is 14.3 Å². The Morgan fingerprint density at radius 3 is 2.43 bits per heavy atom. The number of halogens is 1. The van der Waals surface area contributed by atoms with Crippen molar-refractivity contribution in [1.82, 2.24) is 0 Å². The maximum absolute atomic E-state index is 13.8. The summed E-state index contributed by atoms with van der Waals surface area (Å²) in [7, 11) is 0. The van der Waals surface area contributed by atoms with E-state index in [4.69, 9.17) is 4.74 Å². The van der Waals surface area contributed by atoms with Crippen LogP contribution in [0.3, 0.4) is 0 Å². The van der Waals surface area contributed by atoms with Crippen molar-refractivity contribution < 1.29 is 19.0 Å². The van der Waals surface area contributed by atoms with Gasteiger partial charge in [-0.15, -0.1) is 0 Å². The van der Waals surface area contributed by atoms with Crippen LogP contribution in [0.1, 0.15) is 40.2 Å². The number of nitrogens with one attached hydrogen (secondary N) is 1. The fourth-order valence-electron chi connectivity index (χ4n) is 1.78. The van der Waals surface area contributed by atoms with Gasteiger partial charge in [-0.1, -0.05) is 13.8 Å². The largest absolute Gasteiger partial charge is 0.444 e. The average molecular weight is 297 g/mol. The molecule has 0 aliphatic rings. The van der Waals surface area contributed by atoms with E-state index in [0.29, 0.717) is 17.7 Å². The van der Waals surface area contributed by atoms with Crippen LogP contribution in [-0.4, -0.2) is 23.4 Å². The number of carbonyl (C=O) groups is 1. The first-order valence-electron chi connectivity index (χ1n) is 6.92. The lowest BCUT2D eigenvalue weighted by molar-refractivity contribution is 0.0636. The van der Waals surface area contributed by atoms with Crippen LogP contribution >= 0.6 is 0 Å². The summed E-state index contributed by atoms with van der Waals surface area (Å²) in [5, 5.41) is 11.9. The average Bonchev–Trinajstić information content (AvgIpc) is 2.30. The third-order valence-corrected chi connectivity index (χ3v) is 2.79. The van der Waals surface area contributed by atoms with Gasteiger partial charge >= 0.3 is 6.09 Å². The van der Waals surface area contributed by atoms with Crippen LogP contribution in [0.4, 0.5) is 14.9 Å². The predicted molar refractivity (Wildman–Crippen MR) is 80.8 cm³/mol. The lowest BCUT2D eigenvalue weighted by atomic mass is 9.86. The van der Waals surface area contributed by atoms with Crippen molar-refractivity contribution in [3.63, 3.8) is 0 Å². The van der Waals surface area contributed by atoms with Crippen LogP contribution in [0, 0.1) is 11.2 Å². The summed E-state index contributed by atoms with van der Waals surface area (Å²) in [5.74, 6) is -0.355. The quantitative estimate of drug-likeness (QED) is 0.890. The van der Waals surface area contributed by atoms with E-state index >= 15 is 0 Å². The fraction of sp³-hybridized carbons (Fsp3) is 0.562. The molecule has 1 aromatic carbocycles. The van der Waals surface area contributed by atoms with Gasteiger partial charge in [0, 0.05) is 12.3 Å². The van der Waals surface area contributed by atoms with E-state index in [1.165, 1.54) is 12.1 Å². The Labute approximate surface area is 125 Å². The number of benzene rings is 1. The molecule has 4 nitrogen and oxygen atoms in total. The zero-order chi connectivity index (χ0) is 16.3. The molecular formula is C16H24FNO3. The van der Waals surface area contributed by atoms with E-state index in [0.717, 1.165) is 0 Å². The van der Waals surface area contributed by atoms with Crippen LogP contribution in [0.5, 0.6) is 0 Å². The number of carbonyl (C=O) groups excluding carboxylic acids is 1. The van der Waals surface area contributed by atoms with Gasteiger partial charge in [-0.3, -0.25) is 5.32 Å². The Balaban J connectivity index is 2.85. The molecule has 0 heterocycles. The molecule has 0 aliphatic heterocycles. The van der Waals surface area contributed by atoms with Gasteiger partial charge in [0.25, 0.3) is 0 Å². The molecule has 0 radical (unpaired) electrons. The van der Waals surface area contributed by atoms with Gasteiger partial charge < -0.3 is 9.84 Å². The molecule has 21 heavy (non-hydrogen) atoms. The normalized spacial score (nSPS) is 12.1. The van der Waals surface area contributed by atoms with E-state index < -0.39 is 17.1 Å². The Morgan fingerprint density at radius 2 is 1.90 bits per heavy atom.